The summed E-state index contributed by atoms with van der Waals surface area (Å²) in [6.07, 6.45) is 0.437. The molecular weight excluding hydrogens is 210 g/mol. The number of aliphatic hydroxyl groups excluding tert-OH is 1. The molecule has 0 aromatic heterocycles. The molecule has 0 aromatic carbocycles. The number of nitrogens with one attached hydrogen (secondary N) is 1. The minimum absolute atomic E-state index is 0.0177. The third-order valence-electron chi connectivity index (χ3n) is 2.75. The fraction of sp³-hybridized carbons (Fsp3) is 0.818. The van der Waals surface area contributed by atoms with Gasteiger partial charge in [-0.1, -0.05) is 13.8 Å². The highest BCUT2D eigenvalue weighted by Crippen LogP contribution is 2.14. The Bertz CT molecular complexity index is 263. The minimum atomic E-state index is -0.984. The molecule has 0 heterocycles. The maximum Gasteiger partial charge on any atom is 0.307 e. The minimum Gasteiger partial charge on any atom is -0.481 e. The van der Waals surface area contributed by atoms with Gasteiger partial charge >= 0.3 is 5.97 Å². The molecule has 2 atom stereocenters. The lowest BCUT2D eigenvalue weighted by Crippen LogP contribution is -2.47. The maximum absolute atomic E-state index is 11.7. The standard InChI is InChI=1S/C11H21NO4/c1-7(8(2)10(15)16)9(14)12-11(3,4)5-6-13/h7-8,13H,5-6H2,1-4H3,(H,12,14)(H,15,16). The number of carboxylic acid groups (broad SMARTS) is 1. The van der Waals surface area contributed by atoms with Gasteiger partial charge in [0.05, 0.1) is 5.92 Å². The zero-order valence-electron chi connectivity index (χ0n) is 10.3. The topological polar surface area (TPSA) is 86.6 Å². The number of hydrogen-bond donors (Lipinski definition) is 3. The summed E-state index contributed by atoms with van der Waals surface area (Å²) in [5.74, 6) is -2.59. The summed E-state index contributed by atoms with van der Waals surface area (Å²) >= 11 is 0. The summed E-state index contributed by atoms with van der Waals surface area (Å²) in [5.41, 5.74) is -0.516. The van der Waals surface area contributed by atoms with Gasteiger partial charge in [-0.15, -0.1) is 0 Å². The van der Waals surface area contributed by atoms with Crippen molar-refractivity contribution >= 4 is 11.9 Å². The van der Waals surface area contributed by atoms with E-state index in [4.69, 9.17) is 10.2 Å². The van der Waals surface area contributed by atoms with E-state index in [0.717, 1.165) is 0 Å². The smallest absolute Gasteiger partial charge is 0.307 e. The van der Waals surface area contributed by atoms with Gasteiger partial charge in [-0.2, -0.15) is 0 Å². The van der Waals surface area contributed by atoms with E-state index in [1.165, 1.54) is 6.92 Å². The van der Waals surface area contributed by atoms with Gasteiger partial charge in [0.25, 0.3) is 0 Å². The number of amides is 1. The van der Waals surface area contributed by atoms with Crippen molar-refractivity contribution in [1.82, 2.24) is 5.32 Å². The van der Waals surface area contributed by atoms with Gasteiger partial charge in [-0.25, -0.2) is 0 Å². The van der Waals surface area contributed by atoms with E-state index in [-0.39, 0.29) is 12.5 Å². The van der Waals surface area contributed by atoms with Crippen molar-refractivity contribution in [3.05, 3.63) is 0 Å². The second kappa shape index (κ2) is 5.84. The summed E-state index contributed by atoms with van der Waals surface area (Å²) in [6, 6.07) is 0. The predicted molar refractivity (Wildman–Crippen MR) is 59.9 cm³/mol. The lowest BCUT2D eigenvalue weighted by molar-refractivity contribution is -0.146. The van der Waals surface area contributed by atoms with Crippen molar-refractivity contribution in [3.8, 4) is 0 Å². The Kier molecular flexibility index (Phi) is 5.44. The van der Waals surface area contributed by atoms with Crippen LogP contribution in [0.25, 0.3) is 0 Å². The van der Waals surface area contributed by atoms with E-state index in [0.29, 0.717) is 6.42 Å². The van der Waals surface area contributed by atoms with E-state index in [1.807, 2.05) is 0 Å². The Labute approximate surface area is 95.9 Å². The van der Waals surface area contributed by atoms with Crippen LogP contribution in [0, 0.1) is 11.8 Å². The molecular formula is C11H21NO4. The fourth-order valence-corrected chi connectivity index (χ4v) is 1.23. The zero-order valence-corrected chi connectivity index (χ0v) is 10.3. The van der Waals surface area contributed by atoms with Crippen molar-refractivity contribution in [1.29, 1.82) is 0 Å². The van der Waals surface area contributed by atoms with Crippen LogP contribution in [0.4, 0.5) is 0 Å². The Hall–Kier alpha value is -1.10. The van der Waals surface area contributed by atoms with Crippen molar-refractivity contribution in [2.45, 2.75) is 39.7 Å². The lowest BCUT2D eigenvalue weighted by atomic mass is 9.93. The molecule has 0 spiro atoms. The molecule has 5 nitrogen and oxygen atoms in total. The van der Waals surface area contributed by atoms with E-state index < -0.39 is 23.3 Å². The Morgan fingerprint density at radius 3 is 2.12 bits per heavy atom. The van der Waals surface area contributed by atoms with E-state index in [9.17, 15) is 9.59 Å². The molecule has 0 saturated carbocycles. The van der Waals surface area contributed by atoms with Crippen LogP contribution in [0.3, 0.4) is 0 Å². The first kappa shape index (κ1) is 14.9. The third kappa shape index (κ3) is 4.61. The molecule has 2 unspecified atom stereocenters. The maximum atomic E-state index is 11.7. The Morgan fingerprint density at radius 2 is 1.75 bits per heavy atom. The molecule has 0 aliphatic carbocycles. The predicted octanol–water partition coefficient (Wildman–Crippen LogP) is 0.620. The Balaban J connectivity index is 4.41. The molecule has 0 saturated heterocycles. The summed E-state index contributed by atoms with van der Waals surface area (Å²) in [6.45, 7) is 6.66. The van der Waals surface area contributed by atoms with Crippen LogP contribution in [-0.2, 0) is 9.59 Å². The number of hydrogen-bond acceptors (Lipinski definition) is 3. The molecule has 3 N–H and O–H groups in total. The number of aliphatic carboxylic acids is 1. The number of carboxylic acids is 1. The van der Waals surface area contributed by atoms with Crippen LogP contribution in [0.15, 0.2) is 0 Å². The first-order valence-corrected chi connectivity index (χ1v) is 5.37. The molecule has 0 radical (unpaired) electrons. The zero-order chi connectivity index (χ0) is 12.9. The van der Waals surface area contributed by atoms with Crippen molar-refractivity contribution in [3.63, 3.8) is 0 Å². The molecule has 0 aliphatic heterocycles. The SMILES string of the molecule is CC(C(=O)O)C(C)C(=O)NC(C)(C)CCO. The molecule has 0 fully saturated rings. The van der Waals surface area contributed by atoms with Crippen LogP contribution >= 0.6 is 0 Å². The second-order valence-electron chi connectivity index (χ2n) is 4.76. The second-order valence-corrected chi connectivity index (χ2v) is 4.76. The van der Waals surface area contributed by atoms with Crippen LogP contribution in [-0.4, -0.2) is 34.2 Å². The van der Waals surface area contributed by atoms with Crippen molar-refractivity contribution in [2.75, 3.05) is 6.61 Å². The molecule has 0 rings (SSSR count). The van der Waals surface area contributed by atoms with Crippen LogP contribution < -0.4 is 5.32 Å². The molecule has 0 aliphatic rings. The summed E-state index contributed by atoms with van der Waals surface area (Å²) in [7, 11) is 0. The van der Waals surface area contributed by atoms with Gasteiger partial charge in [0.15, 0.2) is 0 Å². The van der Waals surface area contributed by atoms with Crippen LogP contribution in [0.1, 0.15) is 34.1 Å². The van der Waals surface area contributed by atoms with Crippen LogP contribution in [0.5, 0.6) is 0 Å². The van der Waals surface area contributed by atoms with Gasteiger partial charge in [-0.3, -0.25) is 9.59 Å². The van der Waals surface area contributed by atoms with Gasteiger partial charge in [-0.05, 0) is 20.3 Å². The number of aliphatic hydroxyl groups is 1. The summed E-state index contributed by atoms with van der Waals surface area (Å²) in [5, 5.41) is 20.3. The number of carbonyl (C=O) groups is 2. The molecule has 94 valence electrons. The number of rotatable bonds is 6. The van der Waals surface area contributed by atoms with E-state index in [2.05, 4.69) is 5.32 Å². The molecule has 0 bridgehead atoms. The molecule has 16 heavy (non-hydrogen) atoms. The van der Waals surface area contributed by atoms with Gasteiger partial charge < -0.3 is 15.5 Å². The first-order valence-electron chi connectivity index (χ1n) is 5.37. The monoisotopic (exact) mass is 231 g/mol. The lowest BCUT2D eigenvalue weighted by Gasteiger charge is -2.28. The normalized spacial score (nSPS) is 15.3. The highest BCUT2D eigenvalue weighted by Gasteiger charge is 2.29. The van der Waals surface area contributed by atoms with E-state index >= 15 is 0 Å². The van der Waals surface area contributed by atoms with Gasteiger partial charge in [0.1, 0.15) is 0 Å². The highest BCUT2D eigenvalue weighted by molar-refractivity contribution is 5.84. The van der Waals surface area contributed by atoms with Crippen molar-refractivity contribution in [2.24, 2.45) is 11.8 Å². The summed E-state index contributed by atoms with van der Waals surface area (Å²) in [4.78, 5) is 22.4. The first-order chi connectivity index (χ1) is 7.21. The highest BCUT2D eigenvalue weighted by atomic mass is 16.4. The number of carbonyl (C=O) groups excluding carboxylic acids is 1. The molecule has 5 heteroatoms. The van der Waals surface area contributed by atoms with Gasteiger partial charge in [0.2, 0.25) is 5.91 Å². The largest absolute Gasteiger partial charge is 0.481 e. The molecule has 1 amide bonds. The van der Waals surface area contributed by atoms with E-state index in [1.54, 1.807) is 20.8 Å². The average Bonchev–Trinajstić information content (AvgIpc) is 2.14. The summed E-state index contributed by atoms with van der Waals surface area (Å²) < 4.78 is 0. The van der Waals surface area contributed by atoms with Crippen LogP contribution in [0.2, 0.25) is 0 Å². The fourth-order valence-electron chi connectivity index (χ4n) is 1.23. The quantitative estimate of drug-likeness (QED) is 0.625. The van der Waals surface area contributed by atoms with Gasteiger partial charge in [0, 0.05) is 18.1 Å². The third-order valence-corrected chi connectivity index (χ3v) is 2.75. The van der Waals surface area contributed by atoms with Crippen molar-refractivity contribution < 1.29 is 19.8 Å². The Morgan fingerprint density at radius 1 is 1.25 bits per heavy atom. The molecule has 0 aromatic rings. The average molecular weight is 231 g/mol.